The first-order valence-electron chi connectivity index (χ1n) is 5.83. The third-order valence-electron chi connectivity index (χ3n) is 5.26. The Morgan fingerprint density at radius 1 is 1.08 bits per heavy atom. The van der Waals surface area contributed by atoms with Crippen molar-refractivity contribution in [2.45, 2.75) is 39.5 Å². The normalized spacial score (nSPS) is 61.5. The number of fused-ring (bicyclic) bond motifs is 2. The zero-order chi connectivity index (χ0) is 8.29. The maximum Gasteiger partial charge on any atom is -0.0321 e. The van der Waals surface area contributed by atoms with Gasteiger partial charge in [-0.15, -0.1) is 0 Å². The van der Waals surface area contributed by atoms with Gasteiger partial charge >= 0.3 is 0 Å². The predicted molar refractivity (Wildman–Crippen MR) is 50.8 cm³/mol. The van der Waals surface area contributed by atoms with Gasteiger partial charge in [-0.1, -0.05) is 20.3 Å². The Morgan fingerprint density at radius 2 is 1.83 bits per heavy atom. The summed E-state index contributed by atoms with van der Waals surface area (Å²) in [6.07, 6.45) is 6.20. The van der Waals surface area contributed by atoms with E-state index in [0.717, 1.165) is 17.8 Å². The van der Waals surface area contributed by atoms with E-state index in [1.54, 1.807) is 19.3 Å². The number of hydrogen-bond acceptors (Lipinski definition) is 0. The standard InChI is InChI=1S/C12H20/c1-3-8-10-5-4-9-7(2)6-11(10)12(8)9/h7-12H,3-6H2,1-2H3/t7?,8?,9?,10-,11?,12-/m1/s1. The van der Waals surface area contributed by atoms with Crippen molar-refractivity contribution in [3.8, 4) is 0 Å². The van der Waals surface area contributed by atoms with Crippen LogP contribution in [0, 0.1) is 35.5 Å². The molecule has 0 heteroatoms. The molecule has 6 atom stereocenters. The van der Waals surface area contributed by atoms with Gasteiger partial charge in [-0.25, -0.2) is 0 Å². The zero-order valence-electron chi connectivity index (χ0n) is 8.29. The molecule has 68 valence electrons. The van der Waals surface area contributed by atoms with Crippen molar-refractivity contribution in [1.82, 2.24) is 0 Å². The van der Waals surface area contributed by atoms with Crippen molar-refractivity contribution in [2.24, 2.45) is 35.5 Å². The highest BCUT2D eigenvalue weighted by atomic mass is 14.6. The Hall–Kier alpha value is 0. The van der Waals surface area contributed by atoms with Gasteiger partial charge in [0.25, 0.3) is 0 Å². The molecule has 3 rings (SSSR count). The molecular formula is C12H20. The molecule has 0 aliphatic heterocycles. The van der Waals surface area contributed by atoms with E-state index in [4.69, 9.17) is 0 Å². The molecule has 0 amide bonds. The molecule has 0 N–H and O–H groups in total. The summed E-state index contributed by atoms with van der Waals surface area (Å²) in [5, 5.41) is 0. The van der Waals surface area contributed by atoms with E-state index >= 15 is 0 Å². The van der Waals surface area contributed by atoms with Gasteiger partial charge in [0.1, 0.15) is 0 Å². The van der Waals surface area contributed by atoms with Crippen LogP contribution in [0.3, 0.4) is 0 Å². The van der Waals surface area contributed by atoms with Crippen LogP contribution in [-0.2, 0) is 0 Å². The zero-order valence-corrected chi connectivity index (χ0v) is 8.29. The van der Waals surface area contributed by atoms with Crippen LogP contribution >= 0.6 is 0 Å². The first-order chi connectivity index (χ1) is 5.83. The van der Waals surface area contributed by atoms with Crippen molar-refractivity contribution in [3.05, 3.63) is 0 Å². The van der Waals surface area contributed by atoms with Gasteiger partial charge in [-0.3, -0.25) is 0 Å². The molecule has 0 heterocycles. The van der Waals surface area contributed by atoms with E-state index in [0.29, 0.717) is 0 Å². The van der Waals surface area contributed by atoms with Crippen LogP contribution in [0.5, 0.6) is 0 Å². The van der Waals surface area contributed by atoms with Crippen LogP contribution < -0.4 is 0 Å². The molecule has 3 aliphatic rings. The fourth-order valence-corrected chi connectivity index (χ4v) is 4.88. The van der Waals surface area contributed by atoms with Crippen LogP contribution in [0.1, 0.15) is 39.5 Å². The van der Waals surface area contributed by atoms with E-state index in [1.807, 2.05) is 0 Å². The van der Waals surface area contributed by atoms with Gasteiger partial charge in [0.05, 0.1) is 0 Å². The molecule has 0 spiro atoms. The van der Waals surface area contributed by atoms with E-state index in [-0.39, 0.29) is 0 Å². The summed E-state index contributed by atoms with van der Waals surface area (Å²) in [6, 6.07) is 0. The number of rotatable bonds is 1. The minimum atomic E-state index is 1.07. The topological polar surface area (TPSA) is 0 Å². The number of hydrogen-bond donors (Lipinski definition) is 0. The molecule has 12 heavy (non-hydrogen) atoms. The van der Waals surface area contributed by atoms with Crippen molar-refractivity contribution in [3.63, 3.8) is 0 Å². The van der Waals surface area contributed by atoms with Gasteiger partial charge in [-0.05, 0) is 54.8 Å². The SMILES string of the molecule is CCC1[C@H]2CCC3C(C)CC2[C@@H]31. The predicted octanol–water partition coefficient (Wildman–Crippen LogP) is 3.32. The Balaban J connectivity index is 1.88. The Labute approximate surface area is 75.7 Å². The largest absolute Gasteiger partial charge is 0.0651 e. The van der Waals surface area contributed by atoms with Gasteiger partial charge < -0.3 is 0 Å². The molecule has 2 bridgehead atoms. The highest BCUT2D eigenvalue weighted by Crippen LogP contribution is 2.67. The van der Waals surface area contributed by atoms with Crippen LogP contribution in [0.2, 0.25) is 0 Å². The minimum Gasteiger partial charge on any atom is -0.0651 e. The van der Waals surface area contributed by atoms with Crippen LogP contribution in [0.4, 0.5) is 0 Å². The summed E-state index contributed by atoms with van der Waals surface area (Å²) >= 11 is 0. The summed E-state index contributed by atoms with van der Waals surface area (Å²) in [7, 11) is 0. The summed E-state index contributed by atoms with van der Waals surface area (Å²) in [4.78, 5) is 0. The molecule has 0 saturated heterocycles. The Kier molecular flexibility index (Phi) is 1.40. The van der Waals surface area contributed by atoms with Gasteiger partial charge in [0.2, 0.25) is 0 Å². The van der Waals surface area contributed by atoms with Gasteiger partial charge in [0, 0.05) is 0 Å². The molecule has 3 fully saturated rings. The van der Waals surface area contributed by atoms with Crippen LogP contribution in [0.25, 0.3) is 0 Å². The van der Waals surface area contributed by atoms with Crippen LogP contribution in [0.15, 0.2) is 0 Å². The monoisotopic (exact) mass is 164 g/mol. The first-order valence-corrected chi connectivity index (χ1v) is 5.83. The maximum absolute atomic E-state index is 2.50. The van der Waals surface area contributed by atoms with Crippen molar-refractivity contribution in [2.75, 3.05) is 0 Å². The average Bonchev–Trinajstić information content (AvgIpc) is 2.28. The molecule has 0 aromatic carbocycles. The van der Waals surface area contributed by atoms with E-state index in [1.165, 1.54) is 24.2 Å². The highest BCUT2D eigenvalue weighted by Gasteiger charge is 2.60. The summed E-state index contributed by atoms with van der Waals surface area (Å²) in [5.74, 6) is 6.90. The summed E-state index contributed by atoms with van der Waals surface area (Å²) < 4.78 is 0. The van der Waals surface area contributed by atoms with E-state index in [2.05, 4.69) is 13.8 Å². The third-order valence-corrected chi connectivity index (χ3v) is 5.26. The van der Waals surface area contributed by atoms with Gasteiger partial charge in [0.15, 0.2) is 0 Å². The lowest BCUT2D eigenvalue weighted by atomic mass is 9.49. The van der Waals surface area contributed by atoms with Crippen molar-refractivity contribution >= 4 is 0 Å². The first kappa shape index (κ1) is 7.41. The quantitative estimate of drug-likeness (QED) is 0.557. The lowest BCUT2D eigenvalue weighted by molar-refractivity contribution is -0.0718. The molecule has 3 saturated carbocycles. The average molecular weight is 164 g/mol. The van der Waals surface area contributed by atoms with Gasteiger partial charge in [-0.2, -0.15) is 0 Å². The van der Waals surface area contributed by atoms with Crippen molar-refractivity contribution < 1.29 is 0 Å². The fourth-order valence-electron chi connectivity index (χ4n) is 4.88. The summed E-state index contributed by atoms with van der Waals surface area (Å²) in [5.41, 5.74) is 0. The maximum atomic E-state index is 2.50. The molecule has 0 aromatic heterocycles. The summed E-state index contributed by atoms with van der Waals surface area (Å²) in [6.45, 7) is 4.90. The second-order valence-electron chi connectivity index (χ2n) is 5.43. The molecule has 4 unspecified atom stereocenters. The van der Waals surface area contributed by atoms with Crippen molar-refractivity contribution in [1.29, 1.82) is 0 Å². The third kappa shape index (κ3) is 0.661. The minimum absolute atomic E-state index is 1.07. The Morgan fingerprint density at radius 3 is 2.50 bits per heavy atom. The van der Waals surface area contributed by atoms with Crippen LogP contribution in [-0.4, -0.2) is 0 Å². The molecule has 0 nitrogen and oxygen atoms in total. The molecular weight excluding hydrogens is 144 g/mol. The van der Waals surface area contributed by atoms with E-state index in [9.17, 15) is 0 Å². The second-order valence-corrected chi connectivity index (χ2v) is 5.43. The molecule has 3 aliphatic carbocycles. The lowest BCUT2D eigenvalue weighted by Gasteiger charge is -2.55. The van der Waals surface area contributed by atoms with E-state index < -0.39 is 0 Å². The Bertz CT molecular complexity index is 190. The molecule has 0 aromatic rings. The molecule has 0 radical (unpaired) electrons. The fraction of sp³-hybridized carbons (Fsp3) is 1.00. The lowest BCUT2D eigenvalue weighted by Crippen LogP contribution is -2.49. The second kappa shape index (κ2) is 2.27. The highest BCUT2D eigenvalue weighted by molar-refractivity contribution is 5.08. The smallest absolute Gasteiger partial charge is 0.0321 e.